The second-order valence-corrected chi connectivity index (χ2v) is 8.12. The number of hydrogen-bond donors (Lipinski definition) is 0. The van der Waals surface area contributed by atoms with Gasteiger partial charge in [0.1, 0.15) is 0 Å². The van der Waals surface area contributed by atoms with Gasteiger partial charge in [0.25, 0.3) is 0 Å². The summed E-state index contributed by atoms with van der Waals surface area (Å²) in [6, 6.07) is 17.7. The lowest BCUT2D eigenvalue weighted by atomic mass is 10.2. The van der Waals surface area contributed by atoms with E-state index in [2.05, 4.69) is 42.0 Å². The third-order valence-electron chi connectivity index (χ3n) is 4.81. The van der Waals surface area contributed by atoms with Crippen molar-refractivity contribution in [3.8, 4) is 23.0 Å². The monoisotopic (exact) mass is 444 g/mol. The van der Waals surface area contributed by atoms with Crippen LogP contribution >= 0.6 is 11.8 Å². The molecular weight excluding hydrogens is 424 g/mol. The first-order chi connectivity index (χ1) is 15.9. The van der Waals surface area contributed by atoms with E-state index in [9.17, 15) is 0 Å². The third-order valence-corrected chi connectivity index (χ3v) is 5.87. The first kappa shape index (κ1) is 20.2. The van der Waals surface area contributed by atoms with Gasteiger partial charge in [0.05, 0.1) is 12.8 Å². The Morgan fingerprint density at radius 2 is 1.81 bits per heavy atom. The first-order valence-corrected chi connectivity index (χ1v) is 11.2. The number of benzene rings is 1. The van der Waals surface area contributed by atoms with Crippen molar-refractivity contribution in [3.05, 3.63) is 84.7 Å². The van der Waals surface area contributed by atoms with Crippen LogP contribution in [0.15, 0.2) is 87.4 Å². The van der Waals surface area contributed by atoms with Gasteiger partial charge in [-0.3, -0.25) is 9.55 Å². The molecule has 0 saturated carbocycles. The van der Waals surface area contributed by atoms with Gasteiger partial charge in [-0.2, -0.15) is 4.98 Å². The Labute approximate surface area is 188 Å². The number of furan rings is 1. The second-order valence-electron chi connectivity index (χ2n) is 7.05. The van der Waals surface area contributed by atoms with E-state index in [4.69, 9.17) is 8.94 Å². The molecule has 0 saturated heterocycles. The number of hydrogen-bond acceptors (Lipinski definition) is 8. The van der Waals surface area contributed by atoms with Crippen molar-refractivity contribution in [1.29, 1.82) is 0 Å². The first-order valence-electron chi connectivity index (χ1n) is 10.2. The van der Waals surface area contributed by atoms with Crippen molar-refractivity contribution in [2.75, 3.05) is 5.75 Å². The molecule has 0 amide bonds. The van der Waals surface area contributed by atoms with E-state index >= 15 is 0 Å². The quantitative estimate of drug-likeness (QED) is 0.237. The minimum Gasteiger partial charge on any atom is -0.461 e. The fraction of sp³-hybridized carbons (Fsp3) is 0.174. The molecule has 4 heterocycles. The van der Waals surface area contributed by atoms with Crippen molar-refractivity contribution >= 4 is 11.8 Å². The van der Waals surface area contributed by atoms with Gasteiger partial charge in [0, 0.05) is 30.1 Å². The van der Waals surface area contributed by atoms with Crippen LogP contribution in [0.1, 0.15) is 17.9 Å². The molecule has 8 nitrogen and oxygen atoms in total. The number of aromatic nitrogens is 6. The third kappa shape index (κ3) is 4.62. The maximum atomic E-state index is 5.57. The molecule has 5 rings (SSSR count). The van der Waals surface area contributed by atoms with Crippen molar-refractivity contribution in [2.45, 2.75) is 24.5 Å². The summed E-state index contributed by atoms with van der Waals surface area (Å²) in [5.74, 6) is 3.48. The molecule has 0 unspecified atom stereocenters. The molecule has 0 aliphatic carbocycles. The molecule has 0 atom stereocenters. The summed E-state index contributed by atoms with van der Waals surface area (Å²) in [6.07, 6.45) is 6.64. The van der Waals surface area contributed by atoms with Crippen molar-refractivity contribution < 1.29 is 8.94 Å². The SMILES string of the molecule is c1ccc(Cn2c(SCCCc3nc(-c4ccncc4)no3)nnc2-c2ccco2)cc1. The molecule has 0 aliphatic rings. The van der Waals surface area contributed by atoms with Crippen molar-refractivity contribution in [3.63, 3.8) is 0 Å². The van der Waals surface area contributed by atoms with Crippen LogP contribution in [0.5, 0.6) is 0 Å². The van der Waals surface area contributed by atoms with E-state index < -0.39 is 0 Å². The standard InChI is InChI=1S/C23H20N6O2S/c1-2-6-17(7-3-1)16-29-22(19-8-4-14-30-19)26-27-23(29)32-15-5-9-20-25-21(28-31-20)18-10-12-24-13-11-18/h1-4,6-8,10-14H,5,9,15-16H2. The molecule has 0 spiro atoms. The summed E-state index contributed by atoms with van der Waals surface area (Å²) in [4.78, 5) is 8.49. The Balaban J connectivity index is 1.24. The van der Waals surface area contributed by atoms with Gasteiger partial charge < -0.3 is 8.94 Å². The molecule has 4 aromatic heterocycles. The molecule has 0 N–H and O–H groups in total. The lowest BCUT2D eigenvalue weighted by Crippen LogP contribution is -2.04. The van der Waals surface area contributed by atoms with Gasteiger partial charge in [0.15, 0.2) is 10.9 Å². The fourth-order valence-electron chi connectivity index (χ4n) is 3.25. The lowest BCUT2D eigenvalue weighted by Gasteiger charge is -2.09. The average Bonchev–Trinajstić information content (AvgIpc) is 3.60. The summed E-state index contributed by atoms with van der Waals surface area (Å²) in [6.45, 7) is 0.672. The van der Waals surface area contributed by atoms with Crippen LogP contribution in [0.2, 0.25) is 0 Å². The van der Waals surface area contributed by atoms with Crippen molar-refractivity contribution in [1.82, 2.24) is 29.9 Å². The van der Waals surface area contributed by atoms with Crippen LogP contribution < -0.4 is 0 Å². The summed E-state index contributed by atoms with van der Waals surface area (Å²) in [5, 5.41) is 13.7. The normalized spacial score (nSPS) is 11.1. The van der Waals surface area contributed by atoms with Gasteiger partial charge >= 0.3 is 0 Å². The number of thioether (sulfide) groups is 1. The van der Waals surface area contributed by atoms with Gasteiger partial charge in [-0.05, 0) is 36.2 Å². The highest BCUT2D eigenvalue weighted by Crippen LogP contribution is 2.26. The maximum Gasteiger partial charge on any atom is 0.226 e. The Bertz CT molecular complexity index is 1250. The topological polar surface area (TPSA) is 95.7 Å². The molecule has 9 heteroatoms. The average molecular weight is 445 g/mol. The highest BCUT2D eigenvalue weighted by Gasteiger charge is 2.17. The summed E-state index contributed by atoms with van der Waals surface area (Å²) in [7, 11) is 0. The molecule has 1 aromatic carbocycles. The lowest BCUT2D eigenvalue weighted by molar-refractivity contribution is 0.378. The molecule has 0 aliphatic heterocycles. The molecule has 32 heavy (non-hydrogen) atoms. The van der Waals surface area contributed by atoms with E-state index in [1.807, 2.05) is 42.5 Å². The number of pyridine rings is 1. The fourth-order valence-corrected chi connectivity index (χ4v) is 4.13. The summed E-state index contributed by atoms with van der Waals surface area (Å²) in [5.41, 5.74) is 2.07. The highest BCUT2D eigenvalue weighted by molar-refractivity contribution is 7.99. The van der Waals surface area contributed by atoms with E-state index in [-0.39, 0.29) is 0 Å². The molecule has 0 bridgehead atoms. The Morgan fingerprint density at radius 1 is 0.938 bits per heavy atom. The van der Waals surface area contributed by atoms with E-state index in [1.165, 1.54) is 5.56 Å². The molecule has 0 fully saturated rings. The zero-order chi connectivity index (χ0) is 21.6. The van der Waals surface area contributed by atoms with Crippen LogP contribution in [0, 0.1) is 0 Å². The number of nitrogens with zero attached hydrogens (tertiary/aromatic N) is 6. The Kier molecular flexibility index (Phi) is 6.07. The van der Waals surface area contributed by atoms with E-state index in [0.29, 0.717) is 30.4 Å². The smallest absolute Gasteiger partial charge is 0.226 e. The Hall–Kier alpha value is -3.72. The zero-order valence-electron chi connectivity index (χ0n) is 17.2. The molecule has 0 radical (unpaired) electrons. The molecular formula is C23H20N6O2S. The largest absolute Gasteiger partial charge is 0.461 e. The van der Waals surface area contributed by atoms with Gasteiger partial charge in [-0.25, -0.2) is 0 Å². The summed E-state index contributed by atoms with van der Waals surface area (Å²) < 4.78 is 13.1. The number of aryl methyl sites for hydroxylation is 1. The predicted octanol–water partition coefficient (Wildman–Crippen LogP) is 4.76. The van der Waals surface area contributed by atoms with Crippen LogP contribution in [-0.2, 0) is 13.0 Å². The van der Waals surface area contributed by atoms with Crippen LogP contribution in [0.25, 0.3) is 23.0 Å². The van der Waals surface area contributed by atoms with Crippen LogP contribution in [0.3, 0.4) is 0 Å². The van der Waals surface area contributed by atoms with Gasteiger partial charge in [-0.15, -0.1) is 10.2 Å². The molecule has 160 valence electrons. The van der Waals surface area contributed by atoms with Crippen LogP contribution in [0.4, 0.5) is 0 Å². The van der Waals surface area contributed by atoms with E-state index in [0.717, 1.165) is 28.7 Å². The summed E-state index contributed by atoms with van der Waals surface area (Å²) >= 11 is 1.66. The Morgan fingerprint density at radius 3 is 2.62 bits per heavy atom. The highest BCUT2D eigenvalue weighted by atomic mass is 32.2. The van der Waals surface area contributed by atoms with Crippen LogP contribution in [-0.4, -0.2) is 35.6 Å². The molecule has 5 aromatic rings. The number of rotatable bonds is 9. The van der Waals surface area contributed by atoms with E-state index in [1.54, 1.807) is 30.4 Å². The van der Waals surface area contributed by atoms with Gasteiger partial charge in [0.2, 0.25) is 17.5 Å². The van der Waals surface area contributed by atoms with Gasteiger partial charge in [-0.1, -0.05) is 47.3 Å². The minimum atomic E-state index is 0.584. The second kappa shape index (κ2) is 9.61. The maximum absolute atomic E-state index is 5.57. The zero-order valence-corrected chi connectivity index (χ0v) is 18.0. The predicted molar refractivity (Wildman–Crippen MR) is 120 cm³/mol. The van der Waals surface area contributed by atoms with Crippen molar-refractivity contribution in [2.24, 2.45) is 0 Å². The minimum absolute atomic E-state index is 0.584.